The van der Waals surface area contributed by atoms with E-state index in [2.05, 4.69) is 12.2 Å². The van der Waals surface area contributed by atoms with E-state index < -0.39 is 21.8 Å². The van der Waals surface area contributed by atoms with Gasteiger partial charge in [0.2, 0.25) is 0 Å². The smallest absolute Gasteiger partial charge is 0.407 e. The average molecular weight is 436 g/mol. The van der Waals surface area contributed by atoms with Crippen LogP contribution in [0, 0.1) is 0 Å². The molecule has 0 saturated carbocycles. The molecule has 0 aliphatic heterocycles. The first-order chi connectivity index (χ1) is 13.5. The lowest BCUT2D eigenvalue weighted by Gasteiger charge is -2.23. The number of carbonyl (C=O) groups is 1. The number of alkyl carbamates (subject to hydrolysis) is 1. The molecule has 0 fully saturated rings. The number of rotatable bonds is 17. The molecule has 0 rings (SSSR count). The minimum atomic E-state index is -3.54. The van der Waals surface area contributed by atoms with Crippen LogP contribution in [0.25, 0.3) is 0 Å². The van der Waals surface area contributed by atoms with Crippen LogP contribution in [0.1, 0.15) is 111 Å². The Morgan fingerprint density at radius 1 is 0.862 bits per heavy atom. The molecule has 0 bridgehead atoms. The van der Waals surface area contributed by atoms with Crippen molar-refractivity contribution in [2.75, 3.05) is 12.9 Å². The zero-order chi connectivity index (χ0) is 22.2. The summed E-state index contributed by atoms with van der Waals surface area (Å²) in [5.41, 5.74) is -0.595. The van der Waals surface area contributed by atoms with Gasteiger partial charge >= 0.3 is 6.09 Å². The fourth-order valence-corrected chi connectivity index (χ4v) is 3.52. The van der Waals surface area contributed by atoms with Crippen molar-refractivity contribution in [2.45, 2.75) is 123 Å². The number of nitrogens with one attached hydrogen (secondary N) is 1. The monoisotopic (exact) mass is 435 g/mol. The van der Waals surface area contributed by atoms with Gasteiger partial charge in [-0.1, -0.05) is 84.0 Å². The first-order valence-corrected chi connectivity index (χ1v) is 13.2. The molecule has 29 heavy (non-hydrogen) atoms. The molecule has 0 spiro atoms. The van der Waals surface area contributed by atoms with Crippen LogP contribution in [-0.4, -0.2) is 39.0 Å². The Labute approximate surface area is 179 Å². The second kappa shape index (κ2) is 15.9. The third-order valence-corrected chi connectivity index (χ3v) is 5.17. The number of hydrogen-bond acceptors (Lipinski definition) is 5. The van der Waals surface area contributed by atoms with E-state index in [0.717, 1.165) is 19.1 Å². The number of ether oxygens (including phenoxy) is 1. The van der Waals surface area contributed by atoms with Gasteiger partial charge in [0, 0.05) is 0 Å². The van der Waals surface area contributed by atoms with Crippen molar-refractivity contribution in [3.63, 3.8) is 0 Å². The van der Waals surface area contributed by atoms with Crippen LogP contribution in [0.2, 0.25) is 0 Å². The van der Waals surface area contributed by atoms with Gasteiger partial charge in [0.15, 0.2) is 0 Å². The van der Waals surface area contributed by atoms with Gasteiger partial charge in [-0.05, 0) is 27.2 Å². The van der Waals surface area contributed by atoms with Crippen LogP contribution >= 0.6 is 0 Å². The normalized spacial score (nSPS) is 13.3. The summed E-state index contributed by atoms with van der Waals surface area (Å²) < 4.78 is 32.7. The highest BCUT2D eigenvalue weighted by Gasteiger charge is 2.20. The minimum Gasteiger partial charge on any atom is -0.444 e. The highest BCUT2D eigenvalue weighted by atomic mass is 32.2. The van der Waals surface area contributed by atoms with E-state index >= 15 is 0 Å². The maximum Gasteiger partial charge on any atom is 0.407 e. The van der Waals surface area contributed by atoms with Crippen LogP contribution in [0.5, 0.6) is 0 Å². The molecule has 0 aromatic heterocycles. The van der Waals surface area contributed by atoms with E-state index in [0.29, 0.717) is 6.42 Å². The second-order valence-corrected chi connectivity index (χ2v) is 10.7. The Hall–Kier alpha value is -0.820. The summed E-state index contributed by atoms with van der Waals surface area (Å²) in [6.07, 6.45) is 16.2. The SMILES string of the molecule is CCCCCCCCCCCCCCC(COS(C)(=O)=O)NC(=O)OC(C)(C)C. The first kappa shape index (κ1) is 28.2. The molecule has 0 aromatic carbocycles. The average Bonchev–Trinajstić information content (AvgIpc) is 2.58. The van der Waals surface area contributed by atoms with Gasteiger partial charge in [-0.25, -0.2) is 4.79 Å². The van der Waals surface area contributed by atoms with Crippen molar-refractivity contribution in [3.05, 3.63) is 0 Å². The van der Waals surface area contributed by atoms with E-state index in [9.17, 15) is 13.2 Å². The summed E-state index contributed by atoms with van der Waals surface area (Å²) in [7, 11) is -3.54. The molecule has 1 amide bonds. The lowest BCUT2D eigenvalue weighted by Crippen LogP contribution is -2.41. The van der Waals surface area contributed by atoms with Gasteiger partial charge in [0.1, 0.15) is 5.60 Å². The Kier molecular flexibility index (Phi) is 15.5. The summed E-state index contributed by atoms with van der Waals surface area (Å²) in [5.74, 6) is 0. The number of carbonyl (C=O) groups excluding carboxylic acids is 1. The molecule has 0 heterocycles. The molecule has 1 atom stereocenters. The molecule has 174 valence electrons. The van der Waals surface area contributed by atoms with Crippen molar-refractivity contribution < 1.29 is 22.1 Å². The topological polar surface area (TPSA) is 81.7 Å². The molecule has 1 unspecified atom stereocenters. The van der Waals surface area contributed by atoms with Crippen LogP contribution in [0.15, 0.2) is 0 Å². The quantitative estimate of drug-likeness (QED) is 0.226. The largest absolute Gasteiger partial charge is 0.444 e. The third kappa shape index (κ3) is 21.7. The van der Waals surface area contributed by atoms with E-state index in [1.54, 1.807) is 20.8 Å². The molecule has 0 aromatic rings. The molecule has 7 heteroatoms. The zero-order valence-electron chi connectivity index (χ0n) is 19.4. The fraction of sp³-hybridized carbons (Fsp3) is 0.955. The van der Waals surface area contributed by atoms with Gasteiger partial charge in [-0.3, -0.25) is 4.18 Å². The summed E-state index contributed by atoms with van der Waals surface area (Å²) >= 11 is 0. The Bertz CT molecular complexity index is 514. The molecule has 1 N–H and O–H groups in total. The molecule has 0 radical (unpaired) electrons. The van der Waals surface area contributed by atoms with Crippen LogP contribution < -0.4 is 5.32 Å². The van der Waals surface area contributed by atoms with E-state index in [1.807, 2.05) is 0 Å². The van der Waals surface area contributed by atoms with Gasteiger partial charge < -0.3 is 10.1 Å². The molecule has 0 aliphatic rings. The zero-order valence-corrected chi connectivity index (χ0v) is 20.2. The third-order valence-electron chi connectivity index (χ3n) is 4.61. The Balaban J connectivity index is 3.97. The lowest BCUT2D eigenvalue weighted by molar-refractivity contribution is 0.0484. The van der Waals surface area contributed by atoms with E-state index in [1.165, 1.54) is 64.2 Å². The highest BCUT2D eigenvalue weighted by molar-refractivity contribution is 7.85. The molecular weight excluding hydrogens is 390 g/mol. The predicted molar refractivity (Wildman–Crippen MR) is 120 cm³/mol. The van der Waals surface area contributed by atoms with Gasteiger partial charge in [0.05, 0.1) is 18.9 Å². The molecular formula is C22H45NO5S. The summed E-state index contributed by atoms with van der Waals surface area (Å²) in [4.78, 5) is 12.0. The van der Waals surface area contributed by atoms with Crippen molar-refractivity contribution in [1.82, 2.24) is 5.32 Å². The van der Waals surface area contributed by atoms with Crippen LogP contribution in [0.4, 0.5) is 4.79 Å². The molecule has 6 nitrogen and oxygen atoms in total. The summed E-state index contributed by atoms with van der Waals surface area (Å²) in [5, 5.41) is 2.74. The second-order valence-electron chi connectivity index (χ2n) is 9.01. The van der Waals surface area contributed by atoms with Crippen molar-refractivity contribution >= 4 is 16.2 Å². The highest BCUT2D eigenvalue weighted by Crippen LogP contribution is 2.14. The van der Waals surface area contributed by atoms with Gasteiger partial charge in [-0.15, -0.1) is 0 Å². The van der Waals surface area contributed by atoms with Crippen molar-refractivity contribution in [3.8, 4) is 0 Å². The van der Waals surface area contributed by atoms with E-state index in [-0.39, 0.29) is 12.6 Å². The number of unbranched alkanes of at least 4 members (excludes halogenated alkanes) is 11. The maximum atomic E-state index is 12.0. The number of amides is 1. The van der Waals surface area contributed by atoms with Crippen LogP contribution in [-0.2, 0) is 19.0 Å². The standard InChI is InChI=1S/C22H45NO5S/c1-6-7-8-9-10-11-12-13-14-15-16-17-18-20(19-27-29(5,25)26)23-21(24)28-22(2,3)4/h20H,6-19H2,1-5H3,(H,23,24). The first-order valence-electron chi connectivity index (χ1n) is 11.4. The predicted octanol–water partition coefficient (Wildman–Crippen LogP) is 5.95. The summed E-state index contributed by atoms with van der Waals surface area (Å²) in [6, 6.07) is -0.373. The fourth-order valence-electron chi connectivity index (χ4n) is 3.11. The minimum absolute atomic E-state index is 0.0594. The molecule has 0 saturated heterocycles. The van der Waals surface area contributed by atoms with Gasteiger partial charge in [-0.2, -0.15) is 8.42 Å². The van der Waals surface area contributed by atoms with Gasteiger partial charge in [0.25, 0.3) is 10.1 Å². The lowest BCUT2D eigenvalue weighted by atomic mass is 10.0. The molecule has 0 aliphatic carbocycles. The Morgan fingerprint density at radius 3 is 1.72 bits per heavy atom. The summed E-state index contributed by atoms with van der Waals surface area (Å²) in [6.45, 7) is 7.56. The number of hydrogen-bond donors (Lipinski definition) is 1. The van der Waals surface area contributed by atoms with Crippen molar-refractivity contribution in [2.24, 2.45) is 0 Å². The van der Waals surface area contributed by atoms with Crippen molar-refractivity contribution in [1.29, 1.82) is 0 Å². The van der Waals surface area contributed by atoms with Crippen LogP contribution in [0.3, 0.4) is 0 Å². The maximum absolute atomic E-state index is 12.0. The van der Waals surface area contributed by atoms with E-state index in [4.69, 9.17) is 8.92 Å². The Morgan fingerprint density at radius 2 is 1.31 bits per heavy atom.